The fourth-order valence-corrected chi connectivity index (χ4v) is 2.09. The molecule has 0 radical (unpaired) electrons. The Morgan fingerprint density at radius 2 is 1.59 bits per heavy atom. The van der Waals surface area contributed by atoms with Crippen molar-refractivity contribution >= 4 is 17.6 Å². The van der Waals surface area contributed by atoms with Gasteiger partial charge in [-0.25, -0.2) is 4.39 Å². The monoisotopic (exact) mass is 311 g/mol. The molecule has 1 rings (SSSR count). The summed E-state index contributed by atoms with van der Waals surface area (Å²) in [4.78, 5) is 22.0. The van der Waals surface area contributed by atoms with Crippen LogP contribution in [0.3, 0.4) is 0 Å². The second kappa shape index (κ2) is 9.76. The van der Waals surface area contributed by atoms with Crippen molar-refractivity contribution in [2.45, 2.75) is 51.4 Å². The van der Waals surface area contributed by atoms with Gasteiger partial charge in [-0.3, -0.25) is 9.59 Å². The van der Waals surface area contributed by atoms with E-state index in [1.807, 2.05) is 0 Å². The highest BCUT2D eigenvalue weighted by Crippen LogP contribution is 2.23. The average Bonchev–Trinajstić information content (AvgIpc) is 2.45. The molecule has 122 valence electrons. The lowest BCUT2D eigenvalue weighted by Crippen LogP contribution is -2.11. The molecule has 6 heteroatoms. The Bertz CT molecular complexity index is 505. The van der Waals surface area contributed by atoms with E-state index < -0.39 is 11.8 Å². The Labute approximate surface area is 129 Å². The molecule has 1 amide bonds. The number of rotatable bonds is 10. The molecule has 0 bridgehead atoms. The van der Waals surface area contributed by atoms with E-state index in [4.69, 9.17) is 5.11 Å². The molecule has 0 heterocycles. The molecule has 1 aromatic carbocycles. The summed E-state index contributed by atoms with van der Waals surface area (Å²) < 4.78 is 13.0. The summed E-state index contributed by atoms with van der Waals surface area (Å²) in [6.45, 7) is 0. The number of carboxylic acids is 1. The SMILES string of the molecule is O=C(O)CCCCCCCCC(=O)Nc1cc(F)ccc1O. The first-order chi connectivity index (χ1) is 10.5. The minimum atomic E-state index is -0.766. The van der Waals surface area contributed by atoms with Gasteiger partial charge in [0.1, 0.15) is 11.6 Å². The molecule has 0 aromatic heterocycles. The second-order valence-corrected chi connectivity index (χ2v) is 5.22. The summed E-state index contributed by atoms with van der Waals surface area (Å²) in [5.41, 5.74) is 0.0821. The van der Waals surface area contributed by atoms with Crippen LogP contribution in [-0.2, 0) is 9.59 Å². The van der Waals surface area contributed by atoms with Gasteiger partial charge in [-0.15, -0.1) is 0 Å². The van der Waals surface area contributed by atoms with Crippen molar-refractivity contribution < 1.29 is 24.2 Å². The minimum absolute atomic E-state index is 0.0821. The predicted molar refractivity (Wildman–Crippen MR) is 81.3 cm³/mol. The van der Waals surface area contributed by atoms with Crippen LogP contribution in [0.1, 0.15) is 51.4 Å². The summed E-state index contributed by atoms with van der Waals surface area (Å²) in [6, 6.07) is 3.40. The first-order valence-electron chi connectivity index (χ1n) is 7.49. The Morgan fingerprint density at radius 3 is 2.23 bits per heavy atom. The van der Waals surface area contributed by atoms with Gasteiger partial charge in [0, 0.05) is 18.9 Å². The molecule has 22 heavy (non-hydrogen) atoms. The van der Waals surface area contributed by atoms with Gasteiger partial charge in [0.25, 0.3) is 0 Å². The number of carboxylic acid groups (broad SMARTS) is 1. The number of anilines is 1. The number of benzene rings is 1. The standard InChI is InChI=1S/C16H22FNO4/c17-12-9-10-14(19)13(11-12)18-15(20)7-5-3-1-2-4-6-8-16(21)22/h9-11,19H,1-8H2,(H,18,20)(H,21,22). The van der Waals surface area contributed by atoms with Crippen LogP contribution in [0.2, 0.25) is 0 Å². The number of carbonyl (C=O) groups excluding carboxylic acids is 1. The number of aliphatic carboxylic acids is 1. The summed E-state index contributed by atoms with van der Waals surface area (Å²) >= 11 is 0. The number of hydrogen-bond donors (Lipinski definition) is 3. The van der Waals surface area contributed by atoms with E-state index in [9.17, 15) is 19.1 Å². The zero-order valence-corrected chi connectivity index (χ0v) is 12.5. The van der Waals surface area contributed by atoms with Crippen molar-refractivity contribution in [1.82, 2.24) is 0 Å². The number of aromatic hydroxyl groups is 1. The smallest absolute Gasteiger partial charge is 0.303 e. The third-order valence-electron chi connectivity index (χ3n) is 3.28. The van der Waals surface area contributed by atoms with Crippen LogP contribution in [0.4, 0.5) is 10.1 Å². The topological polar surface area (TPSA) is 86.6 Å². The number of halogens is 1. The van der Waals surface area contributed by atoms with Crippen LogP contribution in [0.25, 0.3) is 0 Å². The van der Waals surface area contributed by atoms with E-state index in [1.165, 1.54) is 6.07 Å². The number of hydrogen-bond acceptors (Lipinski definition) is 3. The van der Waals surface area contributed by atoms with E-state index >= 15 is 0 Å². The van der Waals surface area contributed by atoms with Gasteiger partial charge in [0.15, 0.2) is 0 Å². The van der Waals surface area contributed by atoms with Crippen LogP contribution < -0.4 is 5.32 Å². The molecular formula is C16H22FNO4. The molecule has 0 saturated heterocycles. The number of nitrogens with one attached hydrogen (secondary N) is 1. The van der Waals surface area contributed by atoms with E-state index in [0.29, 0.717) is 19.3 Å². The molecule has 3 N–H and O–H groups in total. The molecular weight excluding hydrogens is 289 g/mol. The first kappa shape index (κ1) is 17.9. The molecule has 0 aliphatic carbocycles. The molecule has 1 aromatic rings. The maximum atomic E-state index is 13.0. The summed E-state index contributed by atoms with van der Waals surface area (Å²) in [5.74, 6) is -1.70. The molecule has 0 spiro atoms. The molecule has 0 atom stereocenters. The molecule has 0 aliphatic heterocycles. The van der Waals surface area contributed by atoms with Crippen LogP contribution >= 0.6 is 0 Å². The van der Waals surface area contributed by atoms with Gasteiger partial charge in [-0.1, -0.05) is 25.7 Å². The predicted octanol–water partition coefficient (Wildman–Crippen LogP) is 3.68. The average molecular weight is 311 g/mol. The number of phenols is 1. The normalized spacial score (nSPS) is 10.4. The Morgan fingerprint density at radius 1 is 1.00 bits per heavy atom. The van der Waals surface area contributed by atoms with Gasteiger partial charge >= 0.3 is 5.97 Å². The highest BCUT2D eigenvalue weighted by molar-refractivity contribution is 5.92. The lowest BCUT2D eigenvalue weighted by Gasteiger charge is -2.07. The van der Waals surface area contributed by atoms with Crippen molar-refractivity contribution in [3.8, 4) is 5.75 Å². The number of amides is 1. The molecule has 5 nitrogen and oxygen atoms in total. The van der Waals surface area contributed by atoms with Gasteiger partial charge in [-0.2, -0.15) is 0 Å². The Balaban J connectivity index is 2.11. The summed E-state index contributed by atoms with van der Waals surface area (Å²) in [5, 5.41) is 20.5. The third-order valence-corrected chi connectivity index (χ3v) is 3.28. The van der Waals surface area contributed by atoms with Crippen LogP contribution in [0.15, 0.2) is 18.2 Å². The number of carbonyl (C=O) groups is 2. The Kier molecular flexibility index (Phi) is 7.96. The zero-order chi connectivity index (χ0) is 16.4. The highest BCUT2D eigenvalue weighted by atomic mass is 19.1. The first-order valence-corrected chi connectivity index (χ1v) is 7.49. The third kappa shape index (κ3) is 7.61. The molecule has 0 aliphatic rings. The van der Waals surface area contributed by atoms with Crippen molar-refractivity contribution in [3.63, 3.8) is 0 Å². The summed E-state index contributed by atoms with van der Waals surface area (Å²) in [7, 11) is 0. The Hall–Kier alpha value is -2.11. The lowest BCUT2D eigenvalue weighted by atomic mass is 10.1. The van der Waals surface area contributed by atoms with Crippen molar-refractivity contribution in [2.75, 3.05) is 5.32 Å². The second-order valence-electron chi connectivity index (χ2n) is 5.22. The maximum Gasteiger partial charge on any atom is 0.303 e. The highest BCUT2D eigenvalue weighted by Gasteiger charge is 2.07. The van der Waals surface area contributed by atoms with Crippen LogP contribution in [0, 0.1) is 5.82 Å². The quantitative estimate of drug-likeness (QED) is 0.454. The van der Waals surface area contributed by atoms with Crippen LogP contribution in [-0.4, -0.2) is 22.1 Å². The van der Waals surface area contributed by atoms with Crippen molar-refractivity contribution in [2.24, 2.45) is 0 Å². The minimum Gasteiger partial charge on any atom is -0.506 e. The molecule has 0 fully saturated rings. The summed E-state index contributed by atoms with van der Waals surface area (Å²) in [6.07, 6.45) is 5.60. The van der Waals surface area contributed by atoms with Gasteiger partial charge < -0.3 is 15.5 Å². The van der Waals surface area contributed by atoms with Crippen molar-refractivity contribution in [1.29, 1.82) is 0 Å². The van der Waals surface area contributed by atoms with Gasteiger partial charge in [0.05, 0.1) is 5.69 Å². The number of unbranched alkanes of at least 4 members (excludes halogenated alkanes) is 5. The van der Waals surface area contributed by atoms with E-state index in [-0.39, 0.29) is 23.8 Å². The largest absolute Gasteiger partial charge is 0.506 e. The van der Waals surface area contributed by atoms with E-state index in [2.05, 4.69) is 5.32 Å². The van der Waals surface area contributed by atoms with E-state index in [0.717, 1.165) is 37.8 Å². The van der Waals surface area contributed by atoms with Gasteiger partial charge in [0.2, 0.25) is 5.91 Å². The van der Waals surface area contributed by atoms with Crippen LogP contribution in [0.5, 0.6) is 5.75 Å². The van der Waals surface area contributed by atoms with Gasteiger partial charge in [-0.05, 0) is 25.0 Å². The fourth-order valence-electron chi connectivity index (χ4n) is 2.09. The number of phenolic OH excluding ortho intramolecular Hbond substituents is 1. The maximum absolute atomic E-state index is 13.0. The lowest BCUT2D eigenvalue weighted by molar-refractivity contribution is -0.137. The molecule has 0 unspecified atom stereocenters. The molecule has 0 saturated carbocycles. The zero-order valence-electron chi connectivity index (χ0n) is 12.5. The van der Waals surface area contributed by atoms with E-state index in [1.54, 1.807) is 0 Å². The van der Waals surface area contributed by atoms with Crippen molar-refractivity contribution in [3.05, 3.63) is 24.0 Å². The fraction of sp³-hybridized carbons (Fsp3) is 0.500.